The molecule has 4 heterocycles. The second-order valence-corrected chi connectivity index (χ2v) is 9.84. The van der Waals surface area contributed by atoms with Gasteiger partial charge in [-0.1, -0.05) is 6.07 Å². The molecule has 4 amide bonds. The van der Waals surface area contributed by atoms with Crippen LogP contribution in [0.3, 0.4) is 0 Å². The Labute approximate surface area is 223 Å². The van der Waals surface area contributed by atoms with Gasteiger partial charge in [0.2, 0.25) is 0 Å². The number of pyridine rings is 3. The number of hydrogen-bond donors (Lipinski definition) is 3. The summed E-state index contributed by atoms with van der Waals surface area (Å²) < 4.78 is 12.0. The summed E-state index contributed by atoms with van der Waals surface area (Å²) in [5, 5.41) is 5.58. The van der Waals surface area contributed by atoms with E-state index in [1.807, 2.05) is 18.2 Å². The summed E-state index contributed by atoms with van der Waals surface area (Å²) in [5.74, 6) is 1.63. The molecule has 1 fully saturated rings. The quantitative estimate of drug-likeness (QED) is 0.275. The number of rotatable bonds is 10. The molecule has 4 N–H and O–H groups in total. The highest BCUT2D eigenvalue weighted by Crippen LogP contribution is 2.38. The van der Waals surface area contributed by atoms with E-state index >= 15 is 0 Å². The molecule has 11 nitrogen and oxygen atoms in total. The first-order chi connectivity index (χ1) is 18.5. The number of nitrogens with zero attached hydrogens (tertiary/aromatic N) is 4. The van der Waals surface area contributed by atoms with E-state index in [-0.39, 0.29) is 12.1 Å². The van der Waals surface area contributed by atoms with Crippen molar-refractivity contribution in [3.8, 4) is 22.1 Å². The molecule has 5 rings (SSSR count). The zero-order valence-corrected chi connectivity index (χ0v) is 21.5. The Balaban J connectivity index is 1.27. The van der Waals surface area contributed by atoms with E-state index in [0.717, 1.165) is 39.2 Å². The molecule has 0 atom stereocenters. The summed E-state index contributed by atoms with van der Waals surface area (Å²) in [5.41, 5.74) is 7.91. The largest absolute Gasteiger partial charge is 0.454 e. The molecule has 196 valence electrons. The van der Waals surface area contributed by atoms with Gasteiger partial charge in [-0.3, -0.25) is 15.3 Å². The number of nitrogens with one attached hydrogen (secondary N) is 2. The van der Waals surface area contributed by atoms with Crippen molar-refractivity contribution in [3.63, 3.8) is 0 Å². The number of hydrogen-bond acceptors (Lipinski definition) is 8. The molecule has 0 saturated heterocycles. The zero-order valence-electron chi connectivity index (χ0n) is 20.7. The molecule has 0 radical (unpaired) electrons. The molecule has 0 unspecified atom stereocenters. The van der Waals surface area contributed by atoms with Crippen molar-refractivity contribution < 1.29 is 19.1 Å². The highest BCUT2D eigenvalue weighted by molar-refractivity contribution is 7.22. The number of ether oxygens (including phenoxy) is 2. The minimum atomic E-state index is -0.505. The summed E-state index contributed by atoms with van der Waals surface area (Å²) in [6, 6.07) is 10.6. The lowest BCUT2D eigenvalue weighted by Gasteiger charge is -2.19. The Kier molecular flexibility index (Phi) is 7.61. The third-order valence-corrected chi connectivity index (χ3v) is 6.98. The van der Waals surface area contributed by atoms with Gasteiger partial charge in [-0.15, -0.1) is 11.3 Å². The lowest BCUT2D eigenvalue weighted by atomic mass is 10.2. The van der Waals surface area contributed by atoms with Crippen LogP contribution in [0.4, 0.5) is 15.4 Å². The average Bonchev–Trinajstić information content (AvgIpc) is 3.61. The molecule has 1 aliphatic rings. The highest BCUT2D eigenvalue weighted by Gasteiger charge is 2.23. The molecule has 4 aromatic rings. The number of anilines is 1. The molecule has 0 bridgehead atoms. The second-order valence-electron chi connectivity index (χ2n) is 8.79. The van der Waals surface area contributed by atoms with Crippen molar-refractivity contribution in [2.24, 2.45) is 5.73 Å². The number of carbonyl (C=O) groups excluding carboxylic acids is 2. The number of urea groups is 2. The van der Waals surface area contributed by atoms with Gasteiger partial charge in [0.05, 0.1) is 33.6 Å². The van der Waals surface area contributed by atoms with Gasteiger partial charge >= 0.3 is 12.1 Å². The van der Waals surface area contributed by atoms with E-state index in [0.29, 0.717) is 37.0 Å². The molecule has 1 saturated carbocycles. The first-order valence-corrected chi connectivity index (χ1v) is 12.9. The third-order valence-electron chi connectivity index (χ3n) is 5.82. The first-order valence-electron chi connectivity index (χ1n) is 12.1. The van der Waals surface area contributed by atoms with Crippen molar-refractivity contribution >= 4 is 39.4 Å². The van der Waals surface area contributed by atoms with Crippen LogP contribution >= 0.6 is 11.3 Å². The maximum atomic E-state index is 11.9. The van der Waals surface area contributed by atoms with Gasteiger partial charge in [-0.25, -0.2) is 14.6 Å². The number of fused-ring (bicyclic) bond motifs is 1. The molecule has 38 heavy (non-hydrogen) atoms. The summed E-state index contributed by atoms with van der Waals surface area (Å²) in [6.45, 7) is 1.16. The normalized spacial score (nSPS) is 12.8. The van der Waals surface area contributed by atoms with Crippen molar-refractivity contribution in [2.45, 2.75) is 25.4 Å². The van der Waals surface area contributed by atoms with Crippen LogP contribution in [0.15, 0.2) is 55.0 Å². The lowest BCUT2D eigenvalue weighted by Crippen LogP contribution is -2.37. The fourth-order valence-electron chi connectivity index (χ4n) is 3.68. The standard InChI is InChI=1S/C26H27N7O4S/c1-36-11-10-33(25(27)34)15-16-2-6-19(29-13-16)22-12-20-24(38-22)21(8-9-28-20)37-18-5-7-23(30-14-18)32-26(35)31-17-3-4-17/h2,5-9,12-14,17H,3-4,10-11,15H2,1H3,(H2,27,34)(H2,30,31,32,35). The van der Waals surface area contributed by atoms with Crippen LogP contribution in [0.1, 0.15) is 18.4 Å². The first kappa shape index (κ1) is 25.4. The molecule has 0 aromatic carbocycles. The zero-order chi connectivity index (χ0) is 26.5. The van der Waals surface area contributed by atoms with Crippen LogP contribution in [-0.4, -0.2) is 58.2 Å². The van der Waals surface area contributed by atoms with Gasteiger partial charge in [-0.2, -0.15) is 0 Å². The molecule has 0 spiro atoms. The van der Waals surface area contributed by atoms with E-state index in [2.05, 4.69) is 25.6 Å². The summed E-state index contributed by atoms with van der Waals surface area (Å²) in [6.07, 6.45) is 7.03. The molecular formula is C26H27N7O4S. The Morgan fingerprint density at radius 3 is 2.68 bits per heavy atom. The predicted molar refractivity (Wildman–Crippen MR) is 144 cm³/mol. The molecular weight excluding hydrogens is 506 g/mol. The van der Waals surface area contributed by atoms with E-state index in [1.165, 1.54) is 16.2 Å². The van der Waals surface area contributed by atoms with Crippen molar-refractivity contribution in [1.29, 1.82) is 0 Å². The SMILES string of the molecule is COCCN(Cc1ccc(-c2cc3nccc(Oc4ccc(NC(=O)NC5CC5)nc4)c3s2)nc1)C(N)=O. The highest BCUT2D eigenvalue weighted by atomic mass is 32.1. The Bertz CT molecular complexity index is 1420. The van der Waals surface area contributed by atoms with Gasteiger partial charge in [0.15, 0.2) is 0 Å². The van der Waals surface area contributed by atoms with Crippen LogP contribution in [0, 0.1) is 0 Å². The van der Waals surface area contributed by atoms with E-state index in [4.69, 9.17) is 15.2 Å². The Morgan fingerprint density at radius 2 is 2.00 bits per heavy atom. The van der Waals surface area contributed by atoms with Crippen LogP contribution in [0.25, 0.3) is 20.8 Å². The van der Waals surface area contributed by atoms with Crippen LogP contribution in [-0.2, 0) is 11.3 Å². The molecule has 4 aromatic heterocycles. The number of amides is 4. The fourth-order valence-corrected chi connectivity index (χ4v) is 4.72. The number of carbonyl (C=O) groups is 2. The number of nitrogens with two attached hydrogens (primary N) is 1. The van der Waals surface area contributed by atoms with E-state index in [1.54, 1.807) is 43.9 Å². The lowest BCUT2D eigenvalue weighted by molar-refractivity contribution is 0.151. The van der Waals surface area contributed by atoms with Crippen molar-refractivity contribution in [2.75, 3.05) is 25.6 Å². The van der Waals surface area contributed by atoms with E-state index in [9.17, 15) is 9.59 Å². The summed E-state index contributed by atoms with van der Waals surface area (Å²) >= 11 is 1.52. The van der Waals surface area contributed by atoms with Gasteiger partial charge < -0.3 is 25.4 Å². The maximum Gasteiger partial charge on any atom is 0.320 e. The van der Waals surface area contributed by atoms with Crippen molar-refractivity contribution in [1.82, 2.24) is 25.2 Å². The Morgan fingerprint density at radius 1 is 1.13 bits per heavy atom. The average molecular weight is 534 g/mol. The van der Waals surface area contributed by atoms with Crippen LogP contribution in [0.5, 0.6) is 11.5 Å². The third kappa shape index (κ3) is 6.33. The summed E-state index contributed by atoms with van der Waals surface area (Å²) in [4.78, 5) is 39.4. The fraction of sp³-hybridized carbons (Fsp3) is 0.269. The van der Waals surface area contributed by atoms with Gasteiger partial charge in [0, 0.05) is 44.7 Å². The topological polar surface area (TPSA) is 145 Å². The minimum Gasteiger partial charge on any atom is -0.454 e. The van der Waals surface area contributed by atoms with Crippen molar-refractivity contribution in [3.05, 3.63) is 60.6 Å². The predicted octanol–water partition coefficient (Wildman–Crippen LogP) is 4.36. The molecule has 0 aliphatic heterocycles. The number of methoxy groups -OCH3 is 1. The number of aromatic nitrogens is 3. The van der Waals surface area contributed by atoms with E-state index < -0.39 is 6.03 Å². The van der Waals surface area contributed by atoms with Gasteiger partial charge in [0.25, 0.3) is 0 Å². The molecule has 12 heteroatoms. The van der Waals surface area contributed by atoms with Gasteiger partial charge in [0.1, 0.15) is 17.3 Å². The van der Waals surface area contributed by atoms with Gasteiger partial charge in [-0.05, 0) is 42.7 Å². The monoisotopic (exact) mass is 533 g/mol. The van der Waals surface area contributed by atoms with Crippen LogP contribution < -0.4 is 21.1 Å². The Hall–Kier alpha value is -4.29. The van der Waals surface area contributed by atoms with Crippen LogP contribution in [0.2, 0.25) is 0 Å². The maximum absolute atomic E-state index is 11.9. The summed E-state index contributed by atoms with van der Waals surface area (Å²) in [7, 11) is 1.58. The minimum absolute atomic E-state index is 0.256. The molecule has 1 aliphatic carbocycles. The second kappa shape index (κ2) is 11.4. The smallest absolute Gasteiger partial charge is 0.320 e. The number of thiophene rings is 1. The number of primary amides is 1.